The highest BCUT2D eigenvalue weighted by molar-refractivity contribution is 5.05. The second-order valence-corrected chi connectivity index (χ2v) is 4.33. The predicted octanol–water partition coefficient (Wildman–Crippen LogP) is 1.56. The highest BCUT2D eigenvalue weighted by Crippen LogP contribution is 2.24. The Morgan fingerprint density at radius 3 is 3.13 bits per heavy atom. The Hall–Kier alpha value is -1.34. The maximum atomic E-state index is 8.80. The lowest BCUT2D eigenvalue weighted by atomic mass is 10.1. The summed E-state index contributed by atoms with van der Waals surface area (Å²) in [7, 11) is 0. The second-order valence-electron chi connectivity index (χ2n) is 4.33. The first kappa shape index (κ1) is 10.2. The van der Waals surface area contributed by atoms with Crippen LogP contribution >= 0.6 is 0 Å². The van der Waals surface area contributed by atoms with Gasteiger partial charge < -0.3 is 4.57 Å². The minimum atomic E-state index is 0.267. The van der Waals surface area contributed by atoms with E-state index in [1.165, 1.54) is 5.69 Å². The molecule has 0 saturated carbocycles. The molecule has 2 heterocycles. The molecule has 0 bridgehead atoms. The molecule has 0 amide bonds. The summed E-state index contributed by atoms with van der Waals surface area (Å²) in [6.07, 6.45) is 4.31. The standard InChI is InChI=1S/C11H16N4/c1-9(2)14-6-10(3-4-12)15-8-13-5-11(15)7-14/h5,8-10H,3,6-7H2,1-2H3. The van der Waals surface area contributed by atoms with E-state index >= 15 is 0 Å². The summed E-state index contributed by atoms with van der Waals surface area (Å²) in [5.41, 5.74) is 1.22. The van der Waals surface area contributed by atoms with Gasteiger partial charge in [-0.3, -0.25) is 4.90 Å². The van der Waals surface area contributed by atoms with Crippen molar-refractivity contribution in [3.05, 3.63) is 18.2 Å². The molecule has 2 rings (SSSR count). The van der Waals surface area contributed by atoms with Gasteiger partial charge in [0.2, 0.25) is 0 Å². The number of aromatic nitrogens is 2. The number of nitriles is 1. The van der Waals surface area contributed by atoms with Crippen molar-refractivity contribution in [2.75, 3.05) is 6.54 Å². The molecule has 0 aliphatic carbocycles. The van der Waals surface area contributed by atoms with E-state index in [4.69, 9.17) is 5.26 Å². The number of imidazole rings is 1. The van der Waals surface area contributed by atoms with Crippen LogP contribution in [0.2, 0.25) is 0 Å². The first-order valence-electron chi connectivity index (χ1n) is 5.34. The van der Waals surface area contributed by atoms with Crippen molar-refractivity contribution in [3.8, 4) is 6.07 Å². The number of rotatable bonds is 2. The Morgan fingerprint density at radius 1 is 1.67 bits per heavy atom. The van der Waals surface area contributed by atoms with Gasteiger partial charge >= 0.3 is 0 Å². The minimum Gasteiger partial charge on any atom is -0.328 e. The van der Waals surface area contributed by atoms with Gasteiger partial charge in [0.15, 0.2) is 0 Å². The molecule has 1 aliphatic heterocycles. The second kappa shape index (κ2) is 4.03. The molecule has 0 saturated heterocycles. The highest BCUT2D eigenvalue weighted by Gasteiger charge is 2.25. The SMILES string of the molecule is CC(C)N1Cc2cncn2C(CC#N)C1. The Balaban J connectivity index is 2.24. The quantitative estimate of drug-likeness (QED) is 0.734. The lowest BCUT2D eigenvalue weighted by Gasteiger charge is -2.35. The predicted molar refractivity (Wildman–Crippen MR) is 57.0 cm³/mol. The van der Waals surface area contributed by atoms with Gasteiger partial charge in [-0.15, -0.1) is 0 Å². The van der Waals surface area contributed by atoms with Crippen molar-refractivity contribution in [2.45, 2.75) is 38.9 Å². The molecule has 4 heteroatoms. The van der Waals surface area contributed by atoms with Crippen LogP contribution in [0.15, 0.2) is 12.5 Å². The van der Waals surface area contributed by atoms with Crippen molar-refractivity contribution in [3.63, 3.8) is 0 Å². The molecule has 4 nitrogen and oxygen atoms in total. The third-order valence-corrected chi connectivity index (χ3v) is 3.01. The van der Waals surface area contributed by atoms with E-state index in [0.717, 1.165) is 13.1 Å². The van der Waals surface area contributed by atoms with Crippen LogP contribution in [-0.2, 0) is 6.54 Å². The van der Waals surface area contributed by atoms with Crippen LogP contribution in [0.25, 0.3) is 0 Å². The van der Waals surface area contributed by atoms with Crippen molar-refractivity contribution >= 4 is 0 Å². The maximum Gasteiger partial charge on any atom is 0.0952 e. The molecular formula is C11H16N4. The van der Waals surface area contributed by atoms with Crippen molar-refractivity contribution < 1.29 is 0 Å². The Morgan fingerprint density at radius 2 is 2.47 bits per heavy atom. The molecule has 15 heavy (non-hydrogen) atoms. The number of nitrogens with zero attached hydrogens (tertiary/aromatic N) is 4. The lowest BCUT2D eigenvalue weighted by molar-refractivity contribution is 0.148. The zero-order valence-electron chi connectivity index (χ0n) is 9.22. The average molecular weight is 204 g/mol. The fourth-order valence-electron chi connectivity index (χ4n) is 2.08. The summed E-state index contributed by atoms with van der Waals surface area (Å²) >= 11 is 0. The maximum absolute atomic E-state index is 8.80. The van der Waals surface area contributed by atoms with Crippen LogP contribution in [0.5, 0.6) is 0 Å². The van der Waals surface area contributed by atoms with Crippen LogP contribution in [0.1, 0.15) is 32.0 Å². The van der Waals surface area contributed by atoms with E-state index in [1.807, 2.05) is 12.5 Å². The summed E-state index contributed by atoms with van der Waals surface area (Å²) in [6.45, 7) is 6.28. The molecule has 0 spiro atoms. The van der Waals surface area contributed by atoms with Gasteiger partial charge in [0.05, 0.1) is 30.6 Å². The van der Waals surface area contributed by atoms with Gasteiger partial charge in [0, 0.05) is 25.3 Å². The van der Waals surface area contributed by atoms with Crippen molar-refractivity contribution in [1.29, 1.82) is 5.26 Å². The lowest BCUT2D eigenvalue weighted by Crippen LogP contribution is -2.40. The summed E-state index contributed by atoms with van der Waals surface area (Å²) < 4.78 is 2.14. The number of hydrogen-bond acceptors (Lipinski definition) is 3. The summed E-state index contributed by atoms with van der Waals surface area (Å²) in [4.78, 5) is 6.54. The summed E-state index contributed by atoms with van der Waals surface area (Å²) in [5.74, 6) is 0. The third kappa shape index (κ3) is 1.88. The summed E-state index contributed by atoms with van der Waals surface area (Å²) in [5, 5.41) is 8.80. The average Bonchev–Trinajstić information content (AvgIpc) is 2.65. The molecule has 0 N–H and O–H groups in total. The number of hydrogen-bond donors (Lipinski definition) is 0. The van der Waals surface area contributed by atoms with Gasteiger partial charge in [-0.2, -0.15) is 5.26 Å². The van der Waals surface area contributed by atoms with Crippen molar-refractivity contribution in [1.82, 2.24) is 14.5 Å². The smallest absolute Gasteiger partial charge is 0.0952 e. The van der Waals surface area contributed by atoms with E-state index in [9.17, 15) is 0 Å². The molecule has 1 unspecified atom stereocenters. The Bertz CT molecular complexity index is 374. The Kier molecular flexibility index (Phi) is 2.74. The number of fused-ring (bicyclic) bond motifs is 1. The molecule has 0 aromatic carbocycles. The third-order valence-electron chi connectivity index (χ3n) is 3.01. The van der Waals surface area contributed by atoms with Crippen LogP contribution in [0.4, 0.5) is 0 Å². The molecule has 80 valence electrons. The topological polar surface area (TPSA) is 44.9 Å². The molecule has 1 aliphatic rings. The molecule has 0 radical (unpaired) electrons. The fraction of sp³-hybridized carbons (Fsp3) is 0.636. The monoisotopic (exact) mass is 204 g/mol. The summed E-state index contributed by atoms with van der Waals surface area (Å²) in [6, 6.07) is 3.04. The zero-order chi connectivity index (χ0) is 10.8. The normalized spacial score (nSPS) is 21.3. The van der Waals surface area contributed by atoms with Crippen LogP contribution < -0.4 is 0 Å². The van der Waals surface area contributed by atoms with Gasteiger partial charge in [-0.25, -0.2) is 4.98 Å². The van der Waals surface area contributed by atoms with E-state index in [-0.39, 0.29) is 6.04 Å². The minimum absolute atomic E-state index is 0.267. The van der Waals surface area contributed by atoms with Gasteiger partial charge in [0.1, 0.15) is 0 Å². The zero-order valence-corrected chi connectivity index (χ0v) is 9.22. The highest BCUT2D eigenvalue weighted by atomic mass is 15.2. The van der Waals surface area contributed by atoms with E-state index in [2.05, 4.69) is 34.4 Å². The van der Waals surface area contributed by atoms with E-state index < -0.39 is 0 Å². The first-order chi connectivity index (χ1) is 7.22. The van der Waals surface area contributed by atoms with Gasteiger partial charge in [0.25, 0.3) is 0 Å². The molecular weight excluding hydrogens is 188 g/mol. The molecule has 0 fully saturated rings. The van der Waals surface area contributed by atoms with Crippen LogP contribution in [0.3, 0.4) is 0 Å². The van der Waals surface area contributed by atoms with E-state index in [1.54, 1.807) is 0 Å². The molecule has 1 atom stereocenters. The molecule has 1 aromatic rings. The largest absolute Gasteiger partial charge is 0.328 e. The van der Waals surface area contributed by atoms with Crippen LogP contribution in [0, 0.1) is 11.3 Å². The van der Waals surface area contributed by atoms with Crippen molar-refractivity contribution in [2.24, 2.45) is 0 Å². The van der Waals surface area contributed by atoms with Crippen LogP contribution in [-0.4, -0.2) is 27.0 Å². The van der Waals surface area contributed by atoms with Gasteiger partial charge in [-0.1, -0.05) is 0 Å². The van der Waals surface area contributed by atoms with Gasteiger partial charge in [-0.05, 0) is 13.8 Å². The first-order valence-corrected chi connectivity index (χ1v) is 5.34. The fourth-order valence-corrected chi connectivity index (χ4v) is 2.08. The molecule has 1 aromatic heterocycles. The van der Waals surface area contributed by atoms with E-state index in [0.29, 0.717) is 12.5 Å². The Labute approximate surface area is 90.1 Å².